The molecular weight excluding hydrogens is 330 g/mol. The van der Waals surface area contributed by atoms with Crippen LogP contribution in [0.4, 0.5) is 0 Å². The van der Waals surface area contributed by atoms with Gasteiger partial charge in [0.1, 0.15) is 12.1 Å². The minimum absolute atomic E-state index is 0.0325. The number of hydrogen-bond acceptors (Lipinski definition) is 3. The molecule has 7 heteroatoms. The zero-order valence-electron chi connectivity index (χ0n) is 13.6. The van der Waals surface area contributed by atoms with E-state index in [1.165, 1.54) is 0 Å². The molecule has 2 fully saturated rings. The van der Waals surface area contributed by atoms with Crippen molar-refractivity contribution < 1.29 is 14.4 Å². The first-order valence-corrected chi connectivity index (χ1v) is 8.42. The summed E-state index contributed by atoms with van der Waals surface area (Å²) in [6, 6.07) is 5.37. The van der Waals surface area contributed by atoms with Crippen LogP contribution < -0.4 is 10.6 Å². The Morgan fingerprint density at radius 2 is 1.96 bits per heavy atom. The summed E-state index contributed by atoms with van der Waals surface area (Å²) < 4.78 is 0. The van der Waals surface area contributed by atoms with E-state index in [0.29, 0.717) is 23.6 Å². The van der Waals surface area contributed by atoms with Crippen molar-refractivity contribution in [3.8, 4) is 0 Å². The molecule has 2 aliphatic heterocycles. The molecule has 0 aliphatic carbocycles. The Kier molecular flexibility index (Phi) is 4.49. The van der Waals surface area contributed by atoms with E-state index in [2.05, 4.69) is 10.6 Å². The van der Waals surface area contributed by atoms with E-state index in [9.17, 15) is 14.4 Å². The summed E-state index contributed by atoms with van der Waals surface area (Å²) in [5, 5.41) is 6.25. The number of piperazine rings is 1. The summed E-state index contributed by atoms with van der Waals surface area (Å²) in [5.41, 5.74) is 0.500. The van der Waals surface area contributed by atoms with Crippen molar-refractivity contribution in [1.82, 2.24) is 15.5 Å². The van der Waals surface area contributed by atoms with E-state index < -0.39 is 12.1 Å². The highest BCUT2D eigenvalue weighted by Crippen LogP contribution is 2.25. The summed E-state index contributed by atoms with van der Waals surface area (Å²) in [7, 11) is 0. The van der Waals surface area contributed by atoms with Crippen molar-refractivity contribution >= 4 is 29.3 Å². The molecule has 3 atom stereocenters. The fourth-order valence-corrected chi connectivity index (χ4v) is 3.37. The van der Waals surface area contributed by atoms with Gasteiger partial charge in [0.2, 0.25) is 11.8 Å². The Labute approximate surface area is 145 Å². The van der Waals surface area contributed by atoms with Crippen molar-refractivity contribution in [3.63, 3.8) is 0 Å². The fourth-order valence-electron chi connectivity index (χ4n) is 3.24. The fraction of sp³-hybridized carbons (Fsp3) is 0.471. The monoisotopic (exact) mass is 349 g/mol. The maximum Gasteiger partial charge on any atom is 0.251 e. The van der Waals surface area contributed by atoms with E-state index in [0.717, 1.165) is 0 Å². The van der Waals surface area contributed by atoms with Crippen LogP contribution in [0.3, 0.4) is 0 Å². The van der Waals surface area contributed by atoms with Gasteiger partial charge in [-0.1, -0.05) is 25.4 Å². The molecule has 1 aromatic carbocycles. The summed E-state index contributed by atoms with van der Waals surface area (Å²) >= 11 is 5.82. The number of hydrogen-bond donors (Lipinski definition) is 2. The number of nitrogens with zero attached hydrogens (tertiary/aromatic N) is 1. The lowest BCUT2D eigenvalue weighted by Gasteiger charge is -2.36. The molecule has 2 saturated heterocycles. The highest BCUT2D eigenvalue weighted by molar-refractivity contribution is 6.30. The first kappa shape index (κ1) is 16.8. The van der Waals surface area contributed by atoms with Gasteiger partial charge >= 0.3 is 0 Å². The summed E-state index contributed by atoms with van der Waals surface area (Å²) in [5.74, 6) is -0.413. The molecule has 2 heterocycles. The van der Waals surface area contributed by atoms with Gasteiger partial charge in [-0.15, -0.1) is 0 Å². The van der Waals surface area contributed by atoms with E-state index >= 15 is 0 Å². The second kappa shape index (κ2) is 6.43. The maximum atomic E-state index is 12.5. The number of amides is 3. The number of fused-ring (bicyclic) bond motifs is 1. The van der Waals surface area contributed by atoms with Crippen LogP contribution in [-0.2, 0) is 9.59 Å². The molecule has 3 rings (SSSR count). The molecule has 1 aromatic rings. The number of rotatable bonds is 3. The third kappa shape index (κ3) is 3.11. The average Bonchev–Trinajstić information content (AvgIpc) is 2.96. The van der Waals surface area contributed by atoms with E-state index in [4.69, 9.17) is 11.6 Å². The SMILES string of the molecule is CC(C)[C@@H]1NC(=O)[C@@H]2C[C@H](NC(=O)c3ccc(Cl)cc3)CN2C1=O. The topological polar surface area (TPSA) is 78.5 Å². The lowest BCUT2D eigenvalue weighted by molar-refractivity contribution is -0.148. The van der Waals surface area contributed by atoms with Gasteiger partial charge in [-0.3, -0.25) is 14.4 Å². The van der Waals surface area contributed by atoms with Crippen LogP contribution in [0.1, 0.15) is 30.6 Å². The Hall–Kier alpha value is -2.08. The predicted molar refractivity (Wildman–Crippen MR) is 89.6 cm³/mol. The molecule has 0 bridgehead atoms. The van der Waals surface area contributed by atoms with E-state index in [1.54, 1.807) is 29.2 Å². The second-order valence-corrected chi connectivity index (χ2v) is 7.09. The normalized spacial score (nSPS) is 26.3. The van der Waals surface area contributed by atoms with Crippen LogP contribution in [0.5, 0.6) is 0 Å². The third-order valence-corrected chi connectivity index (χ3v) is 4.81. The van der Waals surface area contributed by atoms with Crippen molar-refractivity contribution in [2.24, 2.45) is 5.92 Å². The van der Waals surface area contributed by atoms with E-state index in [1.807, 2.05) is 13.8 Å². The smallest absolute Gasteiger partial charge is 0.251 e. The largest absolute Gasteiger partial charge is 0.347 e. The van der Waals surface area contributed by atoms with Gasteiger partial charge in [-0.05, 0) is 36.6 Å². The molecule has 24 heavy (non-hydrogen) atoms. The molecule has 0 aromatic heterocycles. The standard InChI is InChI=1S/C17H20ClN3O3/c1-9(2)14-17(24)21-8-12(7-13(21)16(23)20-14)19-15(22)10-3-5-11(18)6-4-10/h3-6,9,12-14H,7-8H2,1-2H3,(H,19,22)(H,20,23)/t12-,13-,14-/m0/s1. The Bertz CT molecular complexity index is 674. The summed E-state index contributed by atoms with van der Waals surface area (Å²) in [6.07, 6.45) is 0.432. The van der Waals surface area contributed by atoms with Crippen LogP contribution in [-0.4, -0.2) is 47.3 Å². The van der Waals surface area contributed by atoms with Crippen molar-refractivity contribution in [3.05, 3.63) is 34.9 Å². The molecular formula is C17H20ClN3O3. The minimum atomic E-state index is -0.497. The molecule has 0 spiro atoms. The van der Waals surface area contributed by atoms with E-state index in [-0.39, 0.29) is 29.7 Å². The Morgan fingerprint density at radius 3 is 2.58 bits per heavy atom. The van der Waals surface area contributed by atoms with Gasteiger partial charge in [0.05, 0.1) is 0 Å². The maximum absolute atomic E-state index is 12.5. The summed E-state index contributed by atoms with van der Waals surface area (Å²) in [4.78, 5) is 38.6. The Balaban J connectivity index is 1.68. The quantitative estimate of drug-likeness (QED) is 0.860. The number of benzene rings is 1. The highest BCUT2D eigenvalue weighted by Gasteiger charge is 2.47. The first-order valence-electron chi connectivity index (χ1n) is 8.04. The first-order chi connectivity index (χ1) is 11.4. The van der Waals surface area contributed by atoms with Gasteiger partial charge in [0.15, 0.2) is 0 Å². The number of carbonyl (C=O) groups is 3. The van der Waals surface area contributed by atoms with Crippen molar-refractivity contribution in [2.45, 2.75) is 38.4 Å². The van der Waals surface area contributed by atoms with Gasteiger partial charge in [0, 0.05) is 23.2 Å². The zero-order valence-corrected chi connectivity index (χ0v) is 14.3. The molecule has 2 aliphatic rings. The lowest BCUT2D eigenvalue weighted by atomic mass is 9.98. The van der Waals surface area contributed by atoms with Crippen molar-refractivity contribution in [2.75, 3.05) is 6.54 Å². The number of halogens is 1. The van der Waals surface area contributed by atoms with Gasteiger partial charge in [0.25, 0.3) is 5.91 Å². The molecule has 2 N–H and O–H groups in total. The van der Waals surface area contributed by atoms with Gasteiger partial charge < -0.3 is 15.5 Å². The lowest BCUT2D eigenvalue weighted by Crippen LogP contribution is -2.62. The third-order valence-electron chi connectivity index (χ3n) is 4.56. The number of nitrogens with one attached hydrogen (secondary N) is 2. The van der Waals surface area contributed by atoms with Crippen LogP contribution in [0.15, 0.2) is 24.3 Å². The predicted octanol–water partition coefficient (Wildman–Crippen LogP) is 1.19. The van der Waals surface area contributed by atoms with Crippen LogP contribution in [0.25, 0.3) is 0 Å². The molecule has 0 radical (unpaired) electrons. The van der Waals surface area contributed by atoms with Crippen molar-refractivity contribution in [1.29, 1.82) is 0 Å². The molecule has 3 amide bonds. The summed E-state index contributed by atoms with van der Waals surface area (Å²) in [6.45, 7) is 4.16. The van der Waals surface area contributed by atoms with Crippen LogP contribution in [0, 0.1) is 5.92 Å². The molecule has 6 nitrogen and oxygen atoms in total. The molecule has 0 saturated carbocycles. The zero-order chi connectivity index (χ0) is 17.4. The van der Waals surface area contributed by atoms with Gasteiger partial charge in [-0.25, -0.2) is 0 Å². The van der Waals surface area contributed by atoms with Gasteiger partial charge in [-0.2, -0.15) is 0 Å². The van der Waals surface area contributed by atoms with Crippen LogP contribution in [0.2, 0.25) is 5.02 Å². The Morgan fingerprint density at radius 1 is 1.29 bits per heavy atom. The highest BCUT2D eigenvalue weighted by atomic mass is 35.5. The average molecular weight is 350 g/mol. The second-order valence-electron chi connectivity index (χ2n) is 6.65. The molecule has 0 unspecified atom stereocenters. The minimum Gasteiger partial charge on any atom is -0.347 e. The number of carbonyl (C=O) groups excluding carboxylic acids is 3. The van der Waals surface area contributed by atoms with Crippen LogP contribution >= 0.6 is 11.6 Å². The molecule has 128 valence electrons.